The minimum atomic E-state index is 0.473. The molecular weight excluding hydrogens is 232 g/mol. The van der Waals surface area contributed by atoms with Gasteiger partial charge in [0.25, 0.3) is 0 Å². The van der Waals surface area contributed by atoms with Crippen LogP contribution in [-0.2, 0) is 4.74 Å². The molecule has 0 spiro atoms. The topological polar surface area (TPSA) is 44.8 Å². The lowest BCUT2D eigenvalue weighted by Gasteiger charge is -2.12. The lowest BCUT2D eigenvalue weighted by Crippen LogP contribution is -2.08. The second-order valence-electron chi connectivity index (χ2n) is 3.72. The van der Waals surface area contributed by atoms with Crippen LogP contribution in [0.4, 0.5) is 0 Å². The van der Waals surface area contributed by atoms with E-state index < -0.39 is 0 Å². The van der Waals surface area contributed by atoms with E-state index in [1.807, 2.05) is 6.92 Å². The number of carbonyl (C=O) groups is 1. The molecule has 100 valence electrons. The van der Waals surface area contributed by atoms with Gasteiger partial charge in [0.05, 0.1) is 13.2 Å². The molecule has 0 aliphatic heterocycles. The van der Waals surface area contributed by atoms with Gasteiger partial charge in [-0.2, -0.15) is 0 Å². The highest BCUT2D eigenvalue weighted by molar-refractivity contribution is 5.76. The van der Waals surface area contributed by atoms with Crippen LogP contribution in [0, 0.1) is 0 Å². The molecule has 1 aromatic rings. The number of benzene rings is 1. The second kappa shape index (κ2) is 8.53. The van der Waals surface area contributed by atoms with Crippen LogP contribution < -0.4 is 9.47 Å². The molecule has 0 saturated heterocycles. The van der Waals surface area contributed by atoms with E-state index in [-0.39, 0.29) is 0 Å². The van der Waals surface area contributed by atoms with Crippen LogP contribution in [0.1, 0.15) is 30.6 Å². The van der Waals surface area contributed by atoms with E-state index in [1.54, 1.807) is 18.2 Å². The standard InChI is InChI=1S/C14H20O4/c1-3-7-16-8-9-18-13-6-5-12(11-15)10-14(13)17-4-2/h5-6,10-11H,3-4,7-9H2,1-2H3. The smallest absolute Gasteiger partial charge is 0.161 e. The van der Waals surface area contributed by atoms with Gasteiger partial charge in [0.2, 0.25) is 0 Å². The lowest BCUT2D eigenvalue weighted by molar-refractivity contribution is 0.0991. The monoisotopic (exact) mass is 252 g/mol. The van der Waals surface area contributed by atoms with Crippen molar-refractivity contribution in [3.05, 3.63) is 23.8 Å². The normalized spacial score (nSPS) is 10.1. The number of rotatable bonds is 9. The quantitative estimate of drug-likeness (QED) is 0.500. The van der Waals surface area contributed by atoms with E-state index >= 15 is 0 Å². The van der Waals surface area contributed by atoms with Crippen LogP contribution in [0.2, 0.25) is 0 Å². The van der Waals surface area contributed by atoms with Gasteiger partial charge in [-0.1, -0.05) is 6.92 Å². The zero-order valence-corrected chi connectivity index (χ0v) is 11.0. The second-order valence-corrected chi connectivity index (χ2v) is 3.72. The maximum Gasteiger partial charge on any atom is 0.161 e. The lowest BCUT2D eigenvalue weighted by atomic mass is 10.2. The van der Waals surface area contributed by atoms with Gasteiger partial charge in [-0.15, -0.1) is 0 Å². The first-order valence-electron chi connectivity index (χ1n) is 6.24. The van der Waals surface area contributed by atoms with E-state index in [0.717, 1.165) is 19.3 Å². The number of hydrogen-bond acceptors (Lipinski definition) is 4. The molecular formula is C14H20O4. The molecule has 0 aliphatic carbocycles. The van der Waals surface area contributed by atoms with Crippen LogP contribution in [0.25, 0.3) is 0 Å². The van der Waals surface area contributed by atoms with Crippen molar-refractivity contribution in [2.45, 2.75) is 20.3 Å². The summed E-state index contributed by atoms with van der Waals surface area (Å²) in [6.45, 7) is 6.25. The molecule has 18 heavy (non-hydrogen) atoms. The first kappa shape index (κ1) is 14.5. The number of ether oxygens (including phenoxy) is 3. The average Bonchev–Trinajstić information content (AvgIpc) is 2.40. The molecule has 0 atom stereocenters. The molecule has 0 unspecified atom stereocenters. The Morgan fingerprint density at radius 2 is 1.89 bits per heavy atom. The van der Waals surface area contributed by atoms with Gasteiger partial charge in [-0.25, -0.2) is 0 Å². The molecule has 0 saturated carbocycles. The van der Waals surface area contributed by atoms with Crippen LogP contribution in [0.15, 0.2) is 18.2 Å². The Bertz CT molecular complexity index is 363. The summed E-state index contributed by atoms with van der Waals surface area (Å²) in [4.78, 5) is 10.7. The van der Waals surface area contributed by atoms with Gasteiger partial charge in [0.15, 0.2) is 11.5 Å². The molecule has 0 fully saturated rings. The van der Waals surface area contributed by atoms with E-state index in [9.17, 15) is 4.79 Å². The third-order valence-electron chi connectivity index (χ3n) is 2.24. The predicted molar refractivity (Wildman–Crippen MR) is 69.6 cm³/mol. The van der Waals surface area contributed by atoms with E-state index in [2.05, 4.69) is 6.92 Å². The number of aldehydes is 1. The third kappa shape index (κ3) is 4.75. The first-order valence-corrected chi connectivity index (χ1v) is 6.24. The third-order valence-corrected chi connectivity index (χ3v) is 2.24. The Balaban J connectivity index is 2.54. The minimum absolute atomic E-state index is 0.473. The van der Waals surface area contributed by atoms with Gasteiger partial charge in [0, 0.05) is 12.2 Å². The fraction of sp³-hybridized carbons (Fsp3) is 0.500. The van der Waals surface area contributed by atoms with Crippen LogP contribution >= 0.6 is 0 Å². The van der Waals surface area contributed by atoms with Crippen LogP contribution in [-0.4, -0.2) is 32.7 Å². The Morgan fingerprint density at radius 3 is 2.56 bits per heavy atom. The Morgan fingerprint density at radius 1 is 1.06 bits per heavy atom. The van der Waals surface area contributed by atoms with Gasteiger partial charge in [0.1, 0.15) is 12.9 Å². The average molecular weight is 252 g/mol. The van der Waals surface area contributed by atoms with Crippen molar-refractivity contribution in [3.63, 3.8) is 0 Å². The van der Waals surface area contributed by atoms with Crippen molar-refractivity contribution >= 4 is 6.29 Å². The van der Waals surface area contributed by atoms with Crippen LogP contribution in [0.5, 0.6) is 11.5 Å². The summed E-state index contributed by atoms with van der Waals surface area (Å²) in [6.07, 6.45) is 1.79. The molecule has 1 rings (SSSR count). The summed E-state index contributed by atoms with van der Waals surface area (Å²) < 4.78 is 16.3. The highest BCUT2D eigenvalue weighted by Gasteiger charge is 2.06. The molecule has 0 heterocycles. The number of carbonyl (C=O) groups excluding carboxylic acids is 1. The van der Waals surface area contributed by atoms with Gasteiger partial charge in [-0.05, 0) is 31.5 Å². The maximum atomic E-state index is 10.7. The molecule has 0 amide bonds. The van der Waals surface area contributed by atoms with E-state index in [0.29, 0.717) is 36.9 Å². The molecule has 0 aromatic heterocycles. The van der Waals surface area contributed by atoms with Gasteiger partial charge < -0.3 is 14.2 Å². The molecule has 1 aromatic carbocycles. The zero-order valence-electron chi connectivity index (χ0n) is 11.0. The van der Waals surface area contributed by atoms with Crippen molar-refractivity contribution in [3.8, 4) is 11.5 Å². The highest BCUT2D eigenvalue weighted by Crippen LogP contribution is 2.27. The summed E-state index contributed by atoms with van der Waals surface area (Å²) in [5.41, 5.74) is 0.577. The molecule has 0 aliphatic rings. The fourth-order valence-electron chi connectivity index (χ4n) is 1.44. The molecule has 0 N–H and O–H groups in total. The summed E-state index contributed by atoms with van der Waals surface area (Å²) in [6, 6.07) is 5.13. The largest absolute Gasteiger partial charge is 0.490 e. The summed E-state index contributed by atoms with van der Waals surface area (Å²) in [5.74, 6) is 1.24. The molecule has 0 bridgehead atoms. The molecule has 0 radical (unpaired) electrons. The Hall–Kier alpha value is -1.55. The van der Waals surface area contributed by atoms with E-state index in [1.165, 1.54) is 0 Å². The molecule has 4 heteroatoms. The Labute approximate surface area is 108 Å². The minimum Gasteiger partial charge on any atom is -0.490 e. The fourth-order valence-corrected chi connectivity index (χ4v) is 1.44. The molecule has 4 nitrogen and oxygen atoms in total. The zero-order chi connectivity index (χ0) is 13.2. The van der Waals surface area contributed by atoms with Gasteiger partial charge >= 0.3 is 0 Å². The van der Waals surface area contributed by atoms with Crippen molar-refractivity contribution in [1.82, 2.24) is 0 Å². The van der Waals surface area contributed by atoms with Crippen molar-refractivity contribution in [2.75, 3.05) is 26.4 Å². The Kier molecular flexibility index (Phi) is 6.87. The van der Waals surface area contributed by atoms with Crippen LogP contribution in [0.3, 0.4) is 0 Å². The first-order chi connectivity index (χ1) is 8.81. The number of hydrogen-bond donors (Lipinski definition) is 0. The SMILES string of the molecule is CCCOCCOc1ccc(C=O)cc1OCC. The van der Waals surface area contributed by atoms with Crippen molar-refractivity contribution < 1.29 is 19.0 Å². The van der Waals surface area contributed by atoms with Gasteiger partial charge in [-0.3, -0.25) is 4.79 Å². The summed E-state index contributed by atoms with van der Waals surface area (Å²) in [5, 5.41) is 0. The predicted octanol–water partition coefficient (Wildman–Crippen LogP) is 2.70. The van der Waals surface area contributed by atoms with Crippen molar-refractivity contribution in [2.24, 2.45) is 0 Å². The van der Waals surface area contributed by atoms with Crippen molar-refractivity contribution in [1.29, 1.82) is 0 Å². The summed E-state index contributed by atoms with van der Waals surface area (Å²) in [7, 11) is 0. The highest BCUT2D eigenvalue weighted by atomic mass is 16.5. The van der Waals surface area contributed by atoms with E-state index in [4.69, 9.17) is 14.2 Å². The maximum absolute atomic E-state index is 10.7. The summed E-state index contributed by atoms with van der Waals surface area (Å²) >= 11 is 0.